The summed E-state index contributed by atoms with van der Waals surface area (Å²) >= 11 is 0. The monoisotopic (exact) mass is 415 g/mol. The molecule has 0 heterocycles. The van der Waals surface area contributed by atoms with Crippen LogP contribution < -0.4 is 16.0 Å². The molecule has 6 heteroatoms. The van der Waals surface area contributed by atoms with Gasteiger partial charge in [0.15, 0.2) is 0 Å². The average Bonchev–Trinajstić information content (AvgIpc) is 2.78. The maximum atomic E-state index is 12.9. The first-order valence-electron chi connectivity index (χ1n) is 10.1. The fourth-order valence-electron chi connectivity index (χ4n) is 3.29. The molecule has 3 N–H and O–H groups in total. The van der Waals surface area contributed by atoms with E-state index < -0.39 is 5.92 Å². The molecule has 0 aliphatic rings. The fraction of sp³-hybridized carbons (Fsp3) is 0.160. The van der Waals surface area contributed by atoms with Crippen molar-refractivity contribution in [3.63, 3.8) is 0 Å². The Bertz CT molecular complexity index is 997. The van der Waals surface area contributed by atoms with Gasteiger partial charge in [-0.05, 0) is 29.3 Å². The minimum Gasteiger partial charge on any atom is -0.354 e. The van der Waals surface area contributed by atoms with E-state index >= 15 is 0 Å². The minimum absolute atomic E-state index is 0.126. The van der Waals surface area contributed by atoms with Crippen LogP contribution in [0.1, 0.15) is 34.3 Å². The van der Waals surface area contributed by atoms with Gasteiger partial charge in [-0.2, -0.15) is 0 Å². The molecule has 0 radical (unpaired) electrons. The molecular weight excluding hydrogens is 390 g/mol. The van der Waals surface area contributed by atoms with Crippen LogP contribution in [-0.2, 0) is 9.59 Å². The van der Waals surface area contributed by atoms with Gasteiger partial charge >= 0.3 is 0 Å². The Labute approximate surface area is 181 Å². The molecule has 0 aliphatic heterocycles. The van der Waals surface area contributed by atoms with Gasteiger partial charge in [0.25, 0.3) is 5.91 Å². The molecule has 0 aromatic heterocycles. The number of carbonyl (C=O) groups is 3. The van der Waals surface area contributed by atoms with Crippen LogP contribution in [0.15, 0.2) is 84.9 Å². The van der Waals surface area contributed by atoms with Gasteiger partial charge in [-0.3, -0.25) is 14.4 Å². The molecule has 0 spiro atoms. The molecule has 3 amide bonds. The first-order valence-corrected chi connectivity index (χ1v) is 10.1. The zero-order chi connectivity index (χ0) is 22.1. The van der Waals surface area contributed by atoms with E-state index in [2.05, 4.69) is 16.0 Å². The Morgan fingerprint density at radius 2 is 1.32 bits per heavy atom. The van der Waals surface area contributed by atoms with Crippen molar-refractivity contribution in [3.05, 3.63) is 102 Å². The van der Waals surface area contributed by atoms with Gasteiger partial charge in [-0.1, -0.05) is 66.7 Å². The highest BCUT2D eigenvalue weighted by Crippen LogP contribution is 2.24. The van der Waals surface area contributed by atoms with Gasteiger partial charge in [0.2, 0.25) is 11.8 Å². The molecule has 3 aromatic rings. The van der Waals surface area contributed by atoms with E-state index in [-0.39, 0.29) is 24.3 Å². The molecule has 0 aliphatic carbocycles. The Morgan fingerprint density at radius 1 is 0.742 bits per heavy atom. The highest BCUT2D eigenvalue weighted by Gasteiger charge is 2.22. The molecule has 3 aromatic carbocycles. The zero-order valence-corrected chi connectivity index (χ0v) is 17.3. The predicted octanol–water partition coefficient (Wildman–Crippen LogP) is 3.32. The van der Waals surface area contributed by atoms with Crippen LogP contribution in [0, 0.1) is 0 Å². The van der Waals surface area contributed by atoms with Crippen LogP contribution in [0.2, 0.25) is 0 Å². The van der Waals surface area contributed by atoms with Crippen molar-refractivity contribution in [2.75, 3.05) is 18.4 Å². The van der Waals surface area contributed by atoms with Crippen molar-refractivity contribution >= 4 is 23.4 Å². The number of amides is 3. The third-order valence-corrected chi connectivity index (χ3v) is 4.68. The molecule has 6 nitrogen and oxygen atoms in total. The lowest BCUT2D eigenvalue weighted by atomic mass is 9.90. The van der Waals surface area contributed by atoms with Crippen molar-refractivity contribution in [2.45, 2.75) is 12.8 Å². The molecule has 0 saturated carbocycles. The van der Waals surface area contributed by atoms with Gasteiger partial charge in [-0.25, -0.2) is 0 Å². The lowest BCUT2D eigenvalue weighted by Gasteiger charge is -2.18. The molecule has 0 saturated heterocycles. The molecule has 0 fully saturated rings. The first kappa shape index (κ1) is 21.8. The number of hydrogen-bond donors (Lipinski definition) is 3. The molecule has 3 rings (SSSR count). The second-order valence-corrected chi connectivity index (χ2v) is 7.06. The summed E-state index contributed by atoms with van der Waals surface area (Å²) in [6, 6.07) is 25.9. The maximum absolute atomic E-state index is 12.9. The summed E-state index contributed by atoms with van der Waals surface area (Å²) in [4.78, 5) is 36.5. The van der Waals surface area contributed by atoms with Crippen molar-refractivity contribution in [3.8, 4) is 0 Å². The van der Waals surface area contributed by atoms with Crippen molar-refractivity contribution in [1.29, 1.82) is 0 Å². The molecule has 158 valence electrons. The third-order valence-electron chi connectivity index (χ3n) is 4.68. The van der Waals surface area contributed by atoms with Crippen molar-refractivity contribution in [1.82, 2.24) is 10.6 Å². The van der Waals surface area contributed by atoms with E-state index in [4.69, 9.17) is 0 Å². The molecular formula is C25H25N3O3. The minimum atomic E-state index is -0.424. The standard InChI is InChI=1S/C25H25N3O3/c1-18(29)28-22-14-8-13-21(17-22)24(30)26-15-16-27-25(31)23(19-9-4-2-5-10-19)20-11-6-3-7-12-20/h2-14,17,23H,15-16H2,1H3,(H,26,30)(H,27,31)(H,28,29). The number of carbonyl (C=O) groups excluding carboxylic acids is 3. The molecule has 0 bridgehead atoms. The quantitative estimate of drug-likeness (QED) is 0.493. The first-order chi connectivity index (χ1) is 15.0. The molecule has 31 heavy (non-hydrogen) atoms. The van der Waals surface area contributed by atoms with E-state index in [1.54, 1.807) is 24.3 Å². The van der Waals surface area contributed by atoms with Crippen molar-refractivity contribution in [2.24, 2.45) is 0 Å². The zero-order valence-electron chi connectivity index (χ0n) is 17.3. The van der Waals surface area contributed by atoms with E-state index in [1.165, 1.54) is 6.92 Å². The largest absolute Gasteiger partial charge is 0.354 e. The summed E-state index contributed by atoms with van der Waals surface area (Å²) < 4.78 is 0. The van der Waals surface area contributed by atoms with Crippen LogP contribution in [0.4, 0.5) is 5.69 Å². The van der Waals surface area contributed by atoms with E-state index in [9.17, 15) is 14.4 Å². The average molecular weight is 415 g/mol. The number of anilines is 1. The summed E-state index contributed by atoms with van der Waals surface area (Å²) in [5.74, 6) is -1.03. The van der Waals surface area contributed by atoms with E-state index in [1.807, 2.05) is 60.7 Å². The Kier molecular flexibility index (Phi) is 7.54. The van der Waals surface area contributed by atoms with Crippen LogP contribution in [0.3, 0.4) is 0 Å². The lowest BCUT2D eigenvalue weighted by Crippen LogP contribution is -2.37. The summed E-state index contributed by atoms with van der Waals surface area (Å²) in [6.45, 7) is 1.99. The number of nitrogens with one attached hydrogen (secondary N) is 3. The summed E-state index contributed by atoms with van der Waals surface area (Å²) in [5.41, 5.74) is 2.81. The van der Waals surface area contributed by atoms with Crippen molar-refractivity contribution < 1.29 is 14.4 Å². The lowest BCUT2D eigenvalue weighted by molar-refractivity contribution is -0.121. The Hall–Kier alpha value is -3.93. The summed E-state index contributed by atoms with van der Waals surface area (Å²) in [6.07, 6.45) is 0. The number of rotatable bonds is 8. The second kappa shape index (κ2) is 10.7. The number of benzene rings is 3. The van der Waals surface area contributed by atoms with Crippen LogP contribution >= 0.6 is 0 Å². The second-order valence-electron chi connectivity index (χ2n) is 7.06. The molecule has 0 atom stereocenters. The van der Waals surface area contributed by atoms with E-state index in [0.29, 0.717) is 17.8 Å². The number of hydrogen-bond acceptors (Lipinski definition) is 3. The van der Waals surface area contributed by atoms with Crippen LogP contribution in [0.5, 0.6) is 0 Å². The van der Waals surface area contributed by atoms with Crippen LogP contribution in [-0.4, -0.2) is 30.8 Å². The van der Waals surface area contributed by atoms with Gasteiger partial charge in [0.05, 0.1) is 5.92 Å². The molecule has 0 unspecified atom stereocenters. The summed E-state index contributed by atoms with van der Waals surface area (Å²) in [5, 5.41) is 8.35. The topological polar surface area (TPSA) is 87.3 Å². The SMILES string of the molecule is CC(=O)Nc1cccc(C(=O)NCCNC(=O)C(c2ccccc2)c2ccccc2)c1. The highest BCUT2D eigenvalue weighted by molar-refractivity contribution is 5.96. The maximum Gasteiger partial charge on any atom is 0.251 e. The normalized spacial score (nSPS) is 10.4. The predicted molar refractivity (Wildman–Crippen MR) is 121 cm³/mol. The smallest absolute Gasteiger partial charge is 0.251 e. The third kappa shape index (κ3) is 6.27. The Balaban J connectivity index is 1.57. The van der Waals surface area contributed by atoms with Crippen LogP contribution in [0.25, 0.3) is 0 Å². The highest BCUT2D eigenvalue weighted by atomic mass is 16.2. The fourth-order valence-corrected chi connectivity index (χ4v) is 3.29. The Morgan fingerprint density at radius 3 is 1.90 bits per heavy atom. The van der Waals surface area contributed by atoms with Gasteiger partial charge in [0, 0.05) is 31.3 Å². The van der Waals surface area contributed by atoms with E-state index in [0.717, 1.165) is 11.1 Å². The van der Waals surface area contributed by atoms with Gasteiger partial charge in [-0.15, -0.1) is 0 Å². The summed E-state index contributed by atoms with van der Waals surface area (Å²) in [7, 11) is 0. The van der Waals surface area contributed by atoms with Gasteiger partial charge < -0.3 is 16.0 Å². The van der Waals surface area contributed by atoms with Gasteiger partial charge in [0.1, 0.15) is 0 Å².